The van der Waals surface area contributed by atoms with E-state index in [1.54, 1.807) is 4.90 Å². The van der Waals surface area contributed by atoms with Gasteiger partial charge in [0.2, 0.25) is 0 Å². The van der Waals surface area contributed by atoms with Gasteiger partial charge in [-0.05, 0) is 31.6 Å². The molecule has 2 aliphatic rings. The normalized spacial score (nSPS) is 35.1. The van der Waals surface area contributed by atoms with E-state index in [-0.39, 0.29) is 0 Å². The first-order chi connectivity index (χ1) is 7.39. The zero-order valence-electron chi connectivity index (χ0n) is 9.50. The molecule has 0 amide bonds. The topological polar surface area (TPSA) is 29.3 Å². The Hall–Kier alpha value is -0.290. The highest BCUT2D eigenvalue weighted by atomic mass is 19.4. The number of rotatable bonds is 2. The molecule has 1 heterocycles. The van der Waals surface area contributed by atoms with Crippen LogP contribution in [-0.2, 0) is 0 Å². The molecule has 0 aromatic rings. The molecule has 16 heavy (non-hydrogen) atoms. The molecular weight excluding hydrogens is 217 g/mol. The Morgan fingerprint density at radius 3 is 2.06 bits per heavy atom. The summed E-state index contributed by atoms with van der Waals surface area (Å²) in [5.41, 5.74) is 5.49. The molecule has 0 aromatic heterocycles. The second-order valence-corrected chi connectivity index (χ2v) is 5.25. The number of hydrogen-bond acceptors (Lipinski definition) is 2. The number of halogens is 3. The van der Waals surface area contributed by atoms with Crippen molar-refractivity contribution in [3.63, 3.8) is 0 Å². The third-order valence-electron chi connectivity index (χ3n) is 3.98. The molecule has 2 fully saturated rings. The van der Waals surface area contributed by atoms with Crippen LogP contribution in [0.1, 0.15) is 26.2 Å². The lowest BCUT2D eigenvalue weighted by atomic mass is 10.0. The summed E-state index contributed by atoms with van der Waals surface area (Å²) in [4.78, 5) is 1.55. The van der Waals surface area contributed by atoms with Gasteiger partial charge in [0, 0.05) is 19.1 Å². The number of fused-ring (bicyclic) bond motifs is 1. The maximum absolute atomic E-state index is 12.9. The van der Waals surface area contributed by atoms with E-state index in [0.717, 1.165) is 12.8 Å². The van der Waals surface area contributed by atoms with Crippen molar-refractivity contribution in [3.8, 4) is 0 Å². The first kappa shape index (κ1) is 12.2. The summed E-state index contributed by atoms with van der Waals surface area (Å²) in [6, 6.07) is -2.31. The molecule has 4 unspecified atom stereocenters. The van der Waals surface area contributed by atoms with E-state index in [9.17, 15) is 13.2 Å². The standard InChI is InChI=1S/C11H19F3N2/c1-7(15)10(11(12,13)14)16-5-8-3-2-4-9(8)6-16/h7-10H,2-6,15H2,1H3. The molecule has 2 rings (SSSR count). The molecule has 1 aliphatic heterocycles. The van der Waals surface area contributed by atoms with Crippen molar-refractivity contribution in [2.45, 2.75) is 44.4 Å². The van der Waals surface area contributed by atoms with E-state index in [0.29, 0.717) is 24.9 Å². The monoisotopic (exact) mass is 236 g/mol. The van der Waals surface area contributed by atoms with Crippen LogP contribution < -0.4 is 5.73 Å². The molecule has 0 spiro atoms. The van der Waals surface area contributed by atoms with E-state index >= 15 is 0 Å². The summed E-state index contributed by atoms with van der Waals surface area (Å²) in [7, 11) is 0. The van der Waals surface area contributed by atoms with Crippen LogP contribution in [-0.4, -0.2) is 36.2 Å². The van der Waals surface area contributed by atoms with E-state index < -0.39 is 18.3 Å². The Morgan fingerprint density at radius 2 is 1.69 bits per heavy atom. The molecule has 0 bridgehead atoms. The summed E-state index contributed by atoms with van der Waals surface area (Å²) >= 11 is 0. The molecule has 4 atom stereocenters. The van der Waals surface area contributed by atoms with E-state index in [1.165, 1.54) is 13.3 Å². The Kier molecular flexibility index (Phi) is 3.18. The van der Waals surface area contributed by atoms with Crippen LogP contribution >= 0.6 is 0 Å². The van der Waals surface area contributed by atoms with Crippen molar-refractivity contribution in [2.75, 3.05) is 13.1 Å². The van der Waals surface area contributed by atoms with Crippen molar-refractivity contribution in [2.24, 2.45) is 17.6 Å². The third-order valence-corrected chi connectivity index (χ3v) is 3.98. The zero-order chi connectivity index (χ0) is 11.9. The highest BCUT2D eigenvalue weighted by Gasteiger charge is 2.50. The SMILES string of the molecule is CC(N)C(N1CC2CCCC2C1)C(F)(F)F. The van der Waals surface area contributed by atoms with E-state index in [4.69, 9.17) is 5.73 Å². The van der Waals surface area contributed by atoms with Crippen LogP contribution in [0.4, 0.5) is 13.2 Å². The van der Waals surface area contributed by atoms with E-state index in [1.807, 2.05) is 0 Å². The van der Waals surface area contributed by atoms with Gasteiger partial charge in [-0.3, -0.25) is 4.90 Å². The van der Waals surface area contributed by atoms with Gasteiger partial charge in [0.1, 0.15) is 6.04 Å². The maximum atomic E-state index is 12.9. The predicted molar refractivity (Wildman–Crippen MR) is 55.9 cm³/mol. The van der Waals surface area contributed by atoms with Gasteiger partial charge >= 0.3 is 6.18 Å². The average molecular weight is 236 g/mol. The first-order valence-electron chi connectivity index (χ1n) is 5.96. The van der Waals surface area contributed by atoms with Crippen LogP contribution in [0, 0.1) is 11.8 Å². The smallest absolute Gasteiger partial charge is 0.326 e. The molecule has 94 valence electrons. The van der Waals surface area contributed by atoms with Crippen molar-refractivity contribution in [3.05, 3.63) is 0 Å². The van der Waals surface area contributed by atoms with Gasteiger partial charge in [0.05, 0.1) is 0 Å². The van der Waals surface area contributed by atoms with Crippen LogP contribution in [0.5, 0.6) is 0 Å². The van der Waals surface area contributed by atoms with Crippen LogP contribution in [0.15, 0.2) is 0 Å². The Labute approximate surface area is 94.0 Å². The lowest BCUT2D eigenvalue weighted by Gasteiger charge is -2.32. The summed E-state index contributed by atoms with van der Waals surface area (Å²) in [6.07, 6.45) is -0.847. The third kappa shape index (κ3) is 2.20. The van der Waals surface area contributed by atoms with Gasteiger partial charge in [-0.15, -0.1) is 0 Å². The highest BCUT2D eigenvalue weighted by Crippen LogP contribution is 2.41. The van der Waals surface area contributed by atoms with Gasteiger partial charge in [-0.2, -0.15) is 13.2 Å². The molecule has 1 saturated carbocycles. The predicted octanol–water partition coefficient (Wildman–Crippen LogP) is 2.00. The molecule has 1 saturated heterocycles. The summed E-state index contributed by atoms with van der Waals surface area (Å²) in [5.74, 6) is 0.951. The van der Waals surface area contributed by atoms with Gasteiger partial charge in [0.15, 0.2) is 0 Å². The zero-order valence-corrected chi connectivity index (χ0v) is 9.50. The Balaban J connectivity index is 2.06. The largest absolute Gasteiger partial charge is 0.405 e. The molecule has 0 radical (unpaired) electrons. The molecule has 2 nitrogen and oxygen atoms in total. The summed E-state index contributed by atoms with van der Waals surface area (Å²) in [6.45, 7) is 2.61. The van der Waals surface area contributed by atoms with Crippen LogP contribution in [0.2, 0.25) is 0 Å². The minimum atomic E-state index is -4.20. The fourth-order valence-corrected chi connectivity index (χ4v) is 3.34. The van der Waals surface area contributed by atoms with Crippen molar-refractivity contribution in [1.82, 2.24) is 4.90 Å². The Morgan fingerprint density at radius 1 is 1.19 bits per heavy atom. The number of likely N-dealkylation sites (tertiary alicyclic amines) is 1. The second kappa shape index (κ2) is 4.18. The lowest BCUT2D eigenvalue weighted by Crippen LogP contribution is -2.54. The first-order valence-corrected chi connectivity index (χ1v) is 5.96. The van der Waals surface area contributed by atoms with Crippen LogP contribution in [0.25, 0.3) is 0 Å². The Bertz CT molecular complexity index is 240. The number of nitrogens with two attached hydrogens (primary N) is 1. The number of nitrogens with zero attached hydrogens (tertiary/aromatic N) is 1. The van der Waals surface area contributed by atoms with Gasteiger partial charge in [-0.1, -0.05) is 6.42 Å². The van der Waals surface area contributed by atoms with Crippen molar-refractivity contribution < 1.29 is 13.2 Å². The molecule has 1 aliphatic carbocycles. The van der Waals surface area contributed by atoms with Gasteiger partial charge < -0.3 is 5.73 Å². The molecule has 2 N–H and O–H groups in total. The molecule has 0 aromatic carbocycles. The summed E-state index contributed by atoms with van der Waals surface area (Å²) < 4.78 is 38.6. The fourth-order valence-electron chi connectivity index (χ4n) is 3.34. The number of hydrogen-bond donors (Lipinski definition) is 1. The lowest BCUT2D eigenvalue weighted by molar-refractivity contribution is -0.186. The van der Waals surface area contributed by atoms with Gasteiger partial charge in [-0.25, -0.2) is 0 Å². The average Bonchev–Trinajstić information content (AvgIpc) is 2.58. The van der Waals surface area contributed by atoms with Gasteiger partial charge in [0.25, 0.3) is 0 Å². The molecular formula is C11H19F3N2. The second-order valence-electron chi connectivity index (χ2n) is 5.25. The van der Waals surface area contributed by atoms with Crippen molar-refractivity contribution >= 4 is 0 Å². The number of alkyl halides is 3. The highest BCUT2D eigenvalue weighted by molar-refractivity contribution is 4.95. The minimum absolute atomic E-state index is 0.476. The van der Waals surface area contributed by atoms with Crippen LogP contribution in [0.3, 0.4) is 0 Å². The minimum Gasteiger partial charge on any atom is -0.326 e. The molecule has 5 heteroatoms. The van der Waals surface area contributed by atoms with Crippen molar-refractivity contribution in [1.29, 1.82) is 0 Å². The quantitative estimate of drug-likeness (QED) is 0.794. The van der Waals surface area contributed by atoms with E-state index in [2.05, 4.69) is 0 Å². The summed E-state index contributed by atoms with van der Waals surface area (Å²) in [5, 5.41) is 0. The fraction of sp³-hybridized carbons (Fsp3) is 1.00. The maximum Gasteiger partial charge on any atom is 0.405 e.